The highest BCUT2D eigenvalue weighted by Gasteiger charge is 2.82. The Morgan fingerprint density at radius 3 is 1.68 bits per heavy atom. The molecule has 0 heteroatoms. The zero-order chi connectivity index (χ0) is 36.8. The molecular formula is C53H86. The highest BCUT2D eigenvalue weighted by Crippen LogP contribution is 2.87. The molecule has 0 aromatic rings. The lowest BCUT2D eigenvalue weighted by Crippen LogP contribution is -2.72. The fraction of sp³-hybridized carbons (Fsp3) is 1.00. The molecule has 25 unspecified atom stereocenters. The Morgan fingerprint density at radius 1 is 0.415 bits per heavy atom. The molecule has 0 aromatic carbocycles. The van der Waals surface area contributed by atoms with Crippen LogP contribution in [0.5, 0.6) is 0 Å². The standard InChI is InChI=1S/C53H86/c1-26(2)30-14-17-43-41(20-30)45-34-16-13-28(4)19-37(34)39-25-36-29(5)35-18-27(3)12-15-33(35)46-42-23-31(51(6,7)8)22-40-38-21-32(52(9,10)11)24-44(38)53(43,49(40)42)50(47(36)46)48(39)45/h26-50H,12-25H2,1-11H3. The van der Waals surface area contributed by atoms with Gasteiger partial charge in [-0.25, -0.2) is 0 Å². The zero-order valence-electron chi connectivity index (χ0n) is 36.8. The van der Waals surface area contributed by atoms with Crippen LogP contribution in [-0.4, -0.2) is 0 Å². The molecule has 1 spiro atoms. The molecule has 0 amide bonds. The summed E-state index contributed by atoms with van der Waals surface area (Å²) < 4.78 is 0. The molecule has 298 valence electrons. The predicted molar refractivity (Wildman–Crippen MR) is 222 cm³/mol. The van der Waals surface area contributed by atoms with Crippen molar-refractivity contribution in [2.24, 2.45) is 164 Å². The van der Waals surface area contributed by atoms with Gasteiger partial charge in [0.1, 0.15) is 0 Å². The molecule has 0 heterocycles. The summed E-state index contributed by atoms with van der Waals surface area (Å²) in [4.78, 5) is 0. The van der Waals surface area contributed by atoms with Gasteiger partial charge in [-0.2, -0.15) is 0 Å². The van der Waals surface area contributed by atoms with E-state index in [-0.39, 0.29) is 0 Å². The summed E-state index contributed by atoms with van der Waals surface area (Å²) in [5, 5.41) is 0. The third-order valence-corrected chi connectivity index (χ3v) is 23.5. The number of fused-ring (bicyclic) bond motifs is 10. The van der Waals surface area contributed by atoms with E-state index in [2.05, 4.69) is 76.2 Å². The van der Waals surface area contributed by atoms with Crippen molar-refractivity contribution in [3.05, 3.63) is 0 Å². The maximum absolute atomic E-state index is 2.91. The molecule has 11 fully saturated rings. The van der Waals surface area contributed by atoms with E-state index in [0.717, 1.165) is 148 Å². The van der Waals surface area contributed by atoms with Crippen molar-refractivity contribution in [1.82, 2.24) is 0 Å². The van der Waals surface area contributed by atoms with E-state index in [1.165, 1.54) is 0 Å². The van der Waals surface area contributed by atoms with Crippen molar-refractivity contribution in [3.8, 4) is 0 Å². The van der Waals surface area contributed by atoms with Gasteiger partial charge in [-0.05, 0) is 241 Å². The van der Waals surface area contributed by atoms with Gasteiger partial charge >= 0.3 is 0 Å². The van der Waals surface area contributed by atoms with Crippen LogP contribution in [0.25, 0.3) is 0 Å². The number of hydrogen-bond acceptors (Lipinski definition) is 0. The monoisotopic (exact) mass is 723 g/mol. The quantitative estimate of drug-likeness (QED) is 0.253. The predicted octanol–water partition coefficient (Wildman–Crippen LogP) is 14.2. The van der Waals surface area contributed by atoms with Crippen LogP contribution in [0.3, 0.4) is 0 Å². The Kier molecular flexibility index (Phi) is 8.05. The van der Waals surface area contributed by atoms with Gasteiger partial charge in [-0.3, -0.25) is 0 Å². The molecule has 0 N–H and O–H groups in total. The second-order valence-corrected chi connectivity index (χ2v) is 27.0. The van der Waals surface area contributed by atoms with Gasteiger partial charge in [0.2, 0.25) is 0 Å². The fourth-order valence-electron chi connectivity index (χ4n) is 22.1. The van der Waals surface area contributed by atoms with Crippen LogP contribution in [0, 0.1) is 164 Å². The molecule has 0 nitrogen and oxygen atoms in total. The second-order valence-electron chi connectivity index (χ2n) is 27.0. The fourth-order valence-corrected chi connectivity index (χ4v) is 22.1. The molecule has 11 aliphatic rings. The van der Waals surface area contributed by atoms with Gasteiger partial charge in [0.05, 0.1) is 0 Å². The number of rotatable bonds is 1. The summed E-state index contributed by atoms with van der Waals surface area (Å²) in [5.74, 6) is 26.2. The molecule has 0 radical (unpaired) electrons. The SMILES string of the molecule is CC1CCC2C(C1)C(C)C1CC3C4CC(C)CCC4C4C5CC(C(C)C)CCC5C56C7CC(C(C)(C)C)CC7C7CC(C(C)(C)C)CC(C2C1C5C34)C76. The highest BCUT2D eigenvalue weighted by molar-refractivity contribution is 5.30. The average Bonchev–Trinajstić information content (AvgIpc) is 3.76. The Balaban J connectivity index is 1.16. The molecule has 11 rings (SSSR count). The Morgan fingerprint density at radius 2 is 1.00 bits per heavy atom. The van der Waals surface area contributed by atoms with E-state index in [9.17, 15) is 0 Å². The first kappa shape index (κ1) is 36.1. The van der Waals surface area contributed by atoms with Crippen molar-refractivity contribution in [3.63, 3.8) is 0 Å². The van der Waals surface area contributed by atoms with Gasteiger partial charge < -0.3 is 0 Å². The topological polar surface area (TPSA) is 0 Å². The van der Waals surface area contributed by atoms with Gasteiger partial charge in [-0.15, -0.1) is 0 Å². The van der Waals surface area contributed by atoms with E-state index in [0.29, 0.717) is 16.2 Å². The minimum atomic E-state index is 0.460. The van der Waals surface area contributed by atoms with E-state index in [1.807, 2.05) is 0 Å². The number of hydrogen-bond donors (Lipinski definition) is 0. The third-order valence-electron chi connectivity index (χ3n) is 23.5. The van der Waals surface area contributed by atoms with Crippen molar-refractivity contribution >= 4 is 0 Å². The Hall–Kier alpha value is 0. The van der Waals surface area contributed by atoms with Gasteiger partial charge in [0, 0.05) is 0 Å². The molecule has 0 saturated heterocycles. The van der Waals surface area contributed by atoms with Crippen LogP contribution in [-0.2, 0) is 0 Å². The normalized spacial score (nSPS) is 61.8. The molecule has 0 bridgehead atoms. The summed E-state index contributed by atoms with van der Waals surface area (Å²) in [6.07, 6.45) is 22.6. The van der Waals surface area contributed by atoms with Gasteiger partial charge in [-0.1, -0.05) is 89.0 Å². The van der Waals surface area contributed by atoms with Crippen molar-refractivity contribution in [2.45, 2.75) is 166 Å². The van der Waals surface area contributed by atoms with E-state index in [1.54, 1.807) is 89.9 Å². The van der Waals surface area contributed by atoms with Crippen molar-refractivity contribution in [1.29, 1.82) is 0 Å². The maximum Gasteiger partial charge on any atom is -0.0168 e. The van der Waals surface area contributed by atoms with E-state index >= 15 is 0 Å². The van der Waals surface area contributed by atoms with Gasteiger partial charge in [0.25, 0.3) is 0 Å². The summed E-state index contributed by atoms with van der Waals surface area (Å²) in [5.41, 5.74) is 1.63. The Labute approximate surface area is 329 Å². The lowest BCUT2D eigenvalue weighted by Gasteiger charge is -2.77. The average molecular weight is 723 g/mol. The maximum atomic E-state index is 2.91. The lowest BCUT2D eigenvalue weighted by molar-refractivity contribution is -0.295. The van der Waals surface area contributed by atoms with E-state index in [4.69, 9.17) is 0 Å². The molecule has 11 aliphatic carbocycles. The van der Waals surface area contributed by atoms with Crippen LogP contribution >= 0.6 is 0 Å². The molecule has 53 heavy (non-hydrogen) atoms. The van der Waals surface area contributed by atoms with Crippen LogP contribution in [0.1, 0.15) is 166 Å². The second kappa shape index (κ2) is 11.8. The molecular weight excluding hydrogens is 637 g/mol. The minimum Gasteiger partial charge on any atom is -0.0625 e. The Bertz CT molecular complexity index is 1420. The van der Waals surface area contributed by atoms with Crippen LogP contribution in [0.2, 0.25) is 0 Å². The summed E-state index contributed by atoms with van der Waals surface area (Å²) in [6, 6.07) is 0. The first-order valence-electron chi connectivity index (χ1n) is 25.1. The highest BCUT2D eigenvalue weighted by atomic mass is 14.9. The summed E-state index contributed by atoms with van der Waals surface area (Å²) in [6.45, 7) is 29.6. The largest absolute Gasteiger partial charge is 0.0625 e. The first-order chi connectivity index (χ1) is 25.1. The zero-order valence-corrected chi connectivity index (χ0v) is 36.8. The summed E-state index contributed by atoms with van der Waals surface area (Å²) in [7, 11) is 0. The minimum absolute atomic E-state index is 0.460. The van der Waals surface area contributed by atoms with Crippen molar-refractivity contribution in [2.75, 3.05) is 0 Å². The third kappa shape index (κ3) is 4.66. The molecule has 25 atom stereocenters. The van der Waals surface area contributed by atoms with E-state index < -0.39 is 0 Å². The van der Waals surface area contributed by atoms with Crippen LogP contribution in [0.15, 0.2) is 0 Å². The molecule has 0 aromatic heterocycles. The van der Waals surface area contributed by atoms with Gasteiger partial charge in [0.15, 0.2) is 0 Å². The van der Waals surface area contributed by atoms with Crippen LogP contribution < -0.4 is 0 Å². The van der Waals surface area contributed by atoms with Crippen LogP contribution in [0.4, 0.5) is 0 Å². The van der Waals surface area contributed by atoms with Crippen molar-refractivity contribution < 1.29 is 0 Å². The molecule has 11 saturated carbocycles. The summed E-state index contributed by atoms with van der Waals surface area (Å²) >= 11 is 0. The lowest BCUT2D eigenvalue weighted by atomic mass is 9.28. The smallest absolute Gasteiger partial charge is 0.0168 e. The molecule has 0 aliphatic heterocycles. The first-order valence-corrected chi connectivity index (χ1v) is 25.1.